The summed E-state index contributed by atoms with van der Waals surface area (Å²) in [4.78, 5) is 3.99. The maximum absolute atomic E-state index is 6.12. The van der Waals surface area contributed by atoms with E-state index >= 15 is 0 Å². The molecule has 5 heteroatoms. The minimum absolute atomic E-state index is 0.0106. The number of nitrogens with zero attached hydrogens (tertiary/aromatic N) is 1. The zero-order valence-corrected chi connectivity index (χ0v) is 12.9. The summed E-state index contributed by atoms with van der Waals surface area (Å²) in [5.41, 5.74) is 7.88. The molecule has 2 rings (SSSR count). The average Bonchev–Trinajstić information content (AvgIpc) is 2.46. The highest BCUT2D eigenvalue weighted by Crippen LogP contribution is 2.35. The SMILES string of the molecule is COc1cc(Cl)cc(CC(C)N)c1OCc1ccncc1. The van der Waals surface area contributed by atoms with Gasteiger partial charge in [0.1, 0.15) is 6.61 Å². The molecule has 0 spiro atoms. The Bertz CT molecular complexity index is 588. The molecule has 4 nitrogen and oxygen atoms in total. The van der Waals surface area contributed by atoms with Crippen molar-refractivity contribution in [3.8, 4) is 11.5 Å². The quantitative estimate of drug-likeness (QED) is 0.890. The maximum atomic E-state index is 6.12. The van der Waals surface area contributed by atoms with Crippen LogP contribution in [0.5, 0.6) is 11.5 Å². The number of rotatable bonds is 6. The summed E-state index contributed by atoms with van der Waals surface area (Å²) in [5, 5.41) is 0.610. The summed E-state index contributed by atoms with van der Waals surface area (Å²) in [6.07, 6.45) is 4.14. The van der Waals surface area contributed by atoms with E-state index in [4.69, 9.17) is 26.8 Å². The predicted molar refractivity (Wildman–Crippen MR) is 83.9 cm³/mol. The van der Waals surface area contributed by atoms with Crippen LogP contribution in [0.4, 0.5) is 0 Å². The summed E-state index contributed by atoms with van der Waals surface area (Å²) >= 11 is 6.12. The summed E-state index contributed by atoms with van der Waals surface area (Å²) in [5.74, 6) is 1.31. The normalized spacial score (nSPS) is 12.0. The monoisotopic (exact) mass is 306 g/mol. The van der Waals surface area contributed by atoms with Crippen LogP contribution >= 0.6 is 11.6 Å². The Kier molecular flexibility index (Phi) is 5.42. The number of hydrogen-bond donors (Lipinski definition) is 1. The second-order valence-corrected chi connectivity index (χ2v) is 5.36. The number of benzene rings is 1. The molecule has 1 atom stereocenters. The Morgan fingerprint density at radius 2 is 2.00 bits per heavy atom. The Balaban J connectivity index is 2.26. The molecule has 0 aliphatic rings. The van der Waals surface area contributed by atoms with Crippen LogP contribution in [-0.2, 0) is 13.0 Å². The zero-order chi connectivity index (χ0) is 15.2. The molecule has 0 aliphatic heterocycles. The highest BCUT2D eigenvalue weighted by Gasteiger charge is 2.14. The lowest BCUT2D eigenvalue weighted by Gasteiger charge is -2.17. The van der Waals surface area contributed by atoms with Gasteiger partial charge in [-0.15, -0.1) is 0 Å². The summed E-state index contributed by atoms with van der Waals surface area (Å²) in [6.45, 7) is 2.38. The van der Waals surface area contributed by atoms with Crippen molar-refractivity contribution in [1.29, 1.82) is 0 Å². The van der Waals surface area contributed by atoms with Crippen LogP contribution in [0.2, 0.25) is 5.02 Å². The lowest BCUT2D eigenvalue weighted by atomic mass is 10.1. The number of halogens is 1. The minimum atomic E-state index is 0.0106. The number of hydrogen-bond acceptors (Lipinski definition) is 4. The van der Waals surface area contributed by atoms with Gasteiger partial charge in [-0.3, -0.25) is 4.98 Å². The van der Waals surface area contributed by atoms with Crippen molar-refractivity contribution in [3.05, 3.63) is 52.8 Å². The Labute approximate surface area is 129 Å². The van der Waals surface area contributed by atoms with E-state index in [-0.39, 0.29) is 6.04 Å². The van der Waals surface area contributed by atoms with E-state index in [2.05, 4.69) is 4.98 Å². The minimum Gasteiger partial charge on any atom is -0.493 e. The molecule has 0 fully saturated rings. The highest BCUT2D eigenvalue weighted by atomic mass is 35.5. The Morgan fingerprint density at radius 1 is 1.29 bits per heavy atom. The molecule has 1 aromatic heterocycles. The summed E-state index contributed by atoms with van der Waals surface area (Å²) < 4.78 is 11.3. The van der Waals surface area contributed by atoms with Crippen molar-refractivity contribution < 1.29 is 9.47 Å². The van der Waals surface area contributed by atoms with Gasteiger partial charge in [0, 0.05) is 35.1 Å². The van der Waals surface area contributed by atoms with E-state index < -0.39 is 0 Å². The van der Waals surface area contributed by atoms with Crippen LogP contribution in [0.25, 0.3) is 0 Å². The highest BCUT2D eigenvalue weighted by molar-refractivity contribution is 6.30. The molecule has 0 radical (unpaired) electrons. The third kappa shape index (κ3) is 4.34. The van der Waals surface area contributed by atoms with Crippen molar-refractivity contribution >= 4 is 11.6 Å². The molecular weight excluding hydrogens is 288 g/mol. The van der Waals surface area contributed by atoms with Crippen molar-refractivity contribution in [2.24, 2.45) is 5.73 Å². The third-order valence-corrected chi connectivity index (χ3v) is 3.21. The molecule has 0 amide bonds. The number of methoxy groups -OCH3 is 1. The van der Waals surface area contributed by atoms with E-state index in [9.17, 15) is 0 Å². The van der Waals surface area contributed by atoms with Crippen LogP contribution in [0.15, 0.2) is 36.7 Å². The first-order chi connectivity index (χ1) is 10.1. The fourth-order valence-corrected chi connectivity index (χ4v) is 2.30. The van der Waals surface area contributed by atoms with Crippen LogP contribution in [-0.4, -0.2) is 18.1 Å². The predicted octanol–water partition coefficient (Wildman–Crippen LogP) is 3.21. The largest absolute Gasteiger partial charge is 0.493 e. The van der Waals surface area contributed by atoms with Crippen LogP contribution < -0.4 is 15.2 Å². The number of pyridine rings is 1. The molecule has 1 aromatic carbocycles. The van der Waals surface area contributed by atoms with Crippen molar-refractivity contribution in [3.63, 3.8) is 0 Å². The fraction of sp³-hybridized carbons (Fsp3) is 0.312. The van der Waals surface area contributed by atoms with Gasteiger partial charge in [-0.25, -0.2) is 0 Å². The lowest BCUT2D eigenvalue weighted by Crippen LogP contribution is -2.18. The number of aromatic nitrogens is 1. The van der Waals surface area contributed by atoms with E-state index in [1.807, 2.05) is 25.1 Å². The van der Waals surface area contributed by atoms with Gasteiger partial charge in [-0.1, -0.05) is 11.6 Å². The molecule has 2 aromatic rings. The van der Waals surface area contributed by atoms with E-state index in [0.29, 0.717) is 29.5 Å². The smallest absolute Gasteiger partial charge is 0.165 e. The van der Waals surface area contributed by atoms with Gasteiger partial charge in [0.05, 0.1) is 7.11 Å². The van der Waals surface area contributed by atoms with Crippen LogP contribution in [0, 0.1) is 0 Å². The Hall–Kier alpha value is -1.78. The van der Waals surface area contributed by atoms with Gasteiger partial charge < -0.3 is 15.2 Å². The van der Waals surface area contributed by atoms with E-state index in [1.54, 1.807) is 25.6 Å². The molecule has 0 bridgehead atoms. The second kappa shape index (κ2) is 7.29. The number of ether oxygens (including phenoxy) is 2. The first-order valence-corrected chi connectivity index (χ1v) is 7.11. The first-order valence-electron chi connectivity index (χ1n) is 6.74. The van der Waals surface area contributed by atoms with Crippen LogP contribution in [0.1, 0.15) is 18.1 Å². The number of nitrogens with two attached hydrogens (primary N) is 1. The molecule has 1 heterocycles. The van der Waals surface area contributed by atoms with Crippen molar-refractivity contribution in [1.82, 2.24) is 4.98 Å². The first kappa shape index (κ1) is 15.6. The van der Waals surface area contributed by atoms with Crippen molar-refractivity contribution in [2.45, 2.75) is 26.0 Å². The van der Waals surface area contributed by atoms with Crippen LogP contribution in [0.3, 0.4) is 0 Å². The Morgan fingerprint density at radius 3 is 2.62 bits per heavy atom. The molecule has 112 valence electrons. The molecule has 0 saturated carbocycles. The summed E-state index contributed by atoms with van der Waals surface area (Å²) in [6, 6.07) is 7.45. The fourth-order valence-electron chi connectivity index (χ4n) is 2.07. The molecule has 2 N–H and O–H groups in total. The molecule has 0 aliphatic carbocycles. The van der Waals surface area contributed by atoms with Gasteiger partial charge in [0.25, 0.3) is 0 Å². The van der Waals surface area contributed by atoms with Gasteiger partial charge in [0.15, 0.2) is 11.5 Å². The van der Waals surface area contributed by atoms with Crippen molar-refractivity contribution in [2.75, 3.05) is 7.11 Å². The molecule has 21 heavy (non-hydrogen) atoms. The molecular formula is C16H19ClN2O2. The van der Waals surface area contributed by atoms with Gasteiger partial charge in [-0.2, -0.15) is 0 Å². The van der Waals surface area contributed by atoms with Gasteiger partial charge >= 0.3 is 0 Å². The van der Waals surface area contributed by atoms with E-state index in [0.717, 1.165) is 11.1 Å². The van der Waals surface area contributed by atoms with Gasteiger partial charge in [0.2, 0.25) is 0 Å². The average molecular weight is 307 g/mol. The lowest BCUT2D eigenvalue weighted by molar-refractivity contribution is 0.281. The zero-order valence-electron chi connectivity index (χ0n) is 12.2. The third-order valence-electron chi connectivity index (χ3n) is 2.99. The van der Waals surface area contributed by atoms with E-state index in [1.165, 1.54) is 0 Å². The van der Waals surface area contributed by atoms with Gasteiger partial charge in [-0.05, 0) is 37.1 Å². The topological polar surface area (TPSA) is 57.4 Å². The standard InChI is InChI=1S/C16H19ClN2O2/c1-11(18)7-13-8-14(17)9-15(20-2)16(13)21-10-12-3-5-19-6-4-12/h3-6,8-9,11H,7,10,18H2,1-2H3. The second-order valence-electron chi connectivity index (χ2n) is 4.92. The molecule has 1 unspecified atom stereocenters. The summed E-state index contributed by atoms with van der Waals surface area (Å²) in [7, 11) is 1.60. The maximum Gasteiger partial charge on any atom is 0.165 e. The molecule has 0 saturated heterocycles.